The number of hydrogen-bond acceptors (Lipinski definition) is 1. The minimum absolute atomic E-state index is 0.239. The lowest BCUT2D eigenvalue weighted by atomic mass is 9.90. The third-order valence-corrected chi connectivity index (χ3v) is 1.68. The minimum atomic E-state index is 0.239. The van der Waals surface area contributed by atoms with Crippen molar-refractivity contribution in [2.75, 3.05) is 6.61 Å². The fraction of sp³-hybridized carbons (Fsp3) is 0.778. The summed E-state index contributed by atoms with van der Waals surface area (Å²) in [6, 6.07) is 0. The molecule has 0 aliphatic carbocycles. The molecule has 0 aliphatic heterocycles. The average molecular weight is 142 g/mol. The van der Waals surface area contributed by atoms with Crippen LogP contribution < -0.4 is 0 Å². The molecule has 0 amide bonds. The first-order valence-electron chi connectivity index (χ1n) is 3.71. The van der Waals surface area contributed by atoms with Crippen LogP contribution in [0.1, 0.15) is 27.7 Å². The molecule has 0 spiro atoms. The normalized spacial score (nSPS) is 14.8. The Hall–Kier alpha value is -0.300. The highest BCUT2D eigenvalue weighted by Gasteiger charge is 2.19. The zero-order chi connectivity index (χ0) is 8.20. The van der Waals surface area contributed by atoms with Gasteiger partial charge in [-0.3, -0.25) is 0 Å². The van der Waals surface area contributed by atoms with Crippen LogP contribution in [0.3, 0.4) is 0 Å². The first-order chi connectivity index (χ1) is 4.48. The van der Waals surface area contributed by atoms with Crippen LogP contribution in [0.25, 0.3) is 0 Å². The summed E-state index contributed by atoms with van der Waals surface area (Å²) in [4.78, 5) is 0. The fourth-order valence-electron chi connectivity index (χ4n) is 0.462. The second-order valence-corrected chi connectivity index (χ2v) is 3.63. The van der Waals surface area contributed by atoms with Gasteiger partial charge in [-0.05, 0) is 12.3 Å². The van der Waals surface area contributed by atoms with Crippen molar-refractivity contribution in [3.63, 3.8) is 0 Å². The molecule has 60 valence electrons. The van der Waals surface area contributed by atoms with E-state index in [2.05, 4.69) is 34.3 Å². The maximum absolute atomic E-state index is 5.44. The van der Waals surface area contributed by atoms with Crippen molar-refractivity contribution >= 4 is 0 Å². The smallest absolute Gasteiger partial charge is 0.0648 e. The van der Waals surface area contributed by atoms with E-state index in [4.69, 9.17) is 4.74 Å². The van der Waals surface area contributed by atoms with Crippen LogP contribution in [-0.4, -0.2) is 12.7 Å². The van der Waals surface area contributed by atoms with Crippen molar-refractivity contribution in [2.45, 2.75) is 33.8 Å². The van der Waals surface area contributed by atoms with Gasteiger partial charge in [0.1, 0.15) is 0 Å². The van der Waals surface area contributed by atoms with Gasteiger partial charge in [0, 0.05) is 0 Å². The van der Waals surface area contributed by atoms with Crippen molar-refractivity contribution in [3.05, 3.63) is 12.7 Å². The molecule has 0 saturated heterocycles. The van der Waals surface area contributed by atoms with Crippen molar-refractivity contribution in [3.8, 4) is 0 Å². The number of rotatable bonds is 3. The molecule has 0 bridgehead atoms. The van der Waals surface area contributed by atoms with Gasteiger partial charge in [0.15, 0.2) is 0 Å². The Bertz CT molecular complexity index is 99.8. The predicted molar refractivity (Wildman–Crippen MR) is 45.1 cm³/mol. The molecular weight excluding hydrogens is 124 g/mol. The molecule has 0 heterocycles. The van der Waals surface area contributed by atoms with Gasteiger partial charge in [-0.1, -0.05) is 26.8 Å². The summed E-state index contributed by atoms with van der Waals surface area (Å²) in [7, 11) is 0. The predicted octanol–water partition coefficient (Wildman–Crippen LogP) is 2.62. The molecule has 1 heteroatoms. The molecule has 1 nitrogen and oxygen atoms in total. The van der Waals surface area contributed by atoms with E-state index >= 15 is 0 Å². The Morgan fingerprint density at radius 3 is 2.30 bits per heavy atom. The highest BCUT2D eigenvalue weighted by molar-refractivity contribution is 4.72. The second-order valence-electron chi connectivity index (χ2n) is 3.63. The van der Waals surface area contributed by atoms with Crippen LogP contribution in [0.15, 0.2) is 12.7 Å². The molecule has 0 rings (SSSR count). The highest BCUT2D eigenvalue weighted by atomic mass is 16.5. The summed E-state index contributed by atoms with van der Waals surface area (Å²) >= 11 is 0. The zero-order valence-corrected chi connectivity index (χ0v) is 7.48. The first kappa shape index (κ1) is 9.70. The summed E-state index contributed by atoms with van der Waals surface area (Å²) in [5.41, 5.74) is 0.239. The van der Waals surface area contributed by atoms with Gasteiger partial charge in [-0.15, -0.1) is 6.58 Å². The van der Waals surface area contributed by atoms with Crippen LogP contribution in [0.2, 0.25) is 0 Å². The van der Waals surface area contributed by atoms with E-state index in [0.717, 1.165) is 0 Å². The monoisotopic (exact) mass is 142 g/mol. The van der Waals surface area contributed by atoms with E-state index in [0.29, 0.717) is 12.7 Å². The molecule has 1 atom stereocenters. The summed E-state index contributed by atoms with van der Waals surface area (Å²) < 4.78 is 5.44. The number of ether oxygens (including phenoxy) is 1. The molecule has 0 aromatic rings. The van der Waals surface area contributed by atoms with Gasteiger partial charge in [-0.2, -0.15) is 0 Å². The second kappa shape index (κ2) is 3.77. The van der Waals surface area contributed by atoms with E-state index in [1.807, 2.05) is 0 Å². The van der Waals surface area contributed by atoms with Gasteiger partial charge >= 0.3 is 0 Å². The molecule has 0 aromatic carbocycles. The summed E-state index contributed by atoms with van der Waals surface area (Å²) in [6.07, 6.45) is 2.08. The lowest BCUT2D eigenvalue weighted by Gasteiger charge is -2.26. The van der Waals surface area contributed by atoms with Crippen LogP contribution in [0.4, 0.5) is 0 Å². The molecule has 0 fully saturated rings. The molecule has 10 heavy (non-hydrogen) atoms. The van der Waals surface area contributed by atoms with Gasteiger partial charge < -0.3 is 4.74 Å². The van der Waals surface area contributed by atoms with Crippen molar-refractivity contribution < 1.29 is 4.74 Å². The number of hydrogen-bond donors (Lipinski definition) is 0. The van der Waals surface area contributed by atoms with Crippen LogP contribution in [0, 0.1) is 5.41 Å². The standard InChI is InChI=1S/C9H18O/c1-6-7-10-8(2)9(3,4)5/h6,8H,1,7H2,2-5H3. The fourth-order valence-corrected chi connectivity index (χ4v) is 0.462. The molecule has 0 N–H and O–H groups in total. The van der Waals surface area contributed by atoms with Crippen molar-refractivity contribution in [1.82, 2.24) is 0 Å². The Morgan fingerprint density at radius 2 is 2.00 bits per heavy atom. The molecule has 0 radical (unpaired) electrons. The molecule has 0 aromatic heterocycles. The Balaban J connectivity index is 3.61. The lowest BCUT2D eigenvalue weighted by Crippen LogP contribution is -2.25. The maximum Gasteiger partial charge on any atom is 0.0648 e. The SMILES string of the molecule is C=CCOC(C)C(C)(C)C. The summed E-state index contributed by atoms with van der Waals surface area (Å²) in [5, 5.41) is 0. The van der Waals surface area contributed by atoms with E-state index < -0.39 is 0 Å². The van der Waals surface area contributed by atoms with E-state index in [1.165, 1.54) is 0 Å². The van der Waals surface area contributed by atoms with E-state index in [9.17, 15) is 0 Å². The average Bonchev–Trinajstić information content (AvgIpc) is 1.80. The van der Waals surface area contributed by atoms with Crippen LogP contribution in [-0.2, 0) is 4.74 Å². The maximum atomic E-state index is 5.44. The molecule has 1 unspecified atom stereocenters. The van der Waals surface area contributed by atoms with Gasteiger partial charge in [-0.25, -0.2) is 0 Å². The minimum Gasteiger partial charge on any atom is -0.374 e. The third-order valence-electron chi connectivity index (χ3n) is 1.68. The van der Waals surface area contributed by atoms with Gasteiger partial charge in [0.25, 0.3) is 0 Å². The van der Waals surface area contributed by atoms with Gasteiger partial charge in [0.05, 0.1) is 12.7 Å². The summed E-state index contributed by atoms with van der Waals surface area (Å²) in [6.45, 7) is 12.8. The van der Waals surface area contributed by atoms with Gasteiger partial charge in [0.2, 0.25) is 0 Å². The lowest BCUT2D eigenvalue weighted by molar-refractivity contribution is 0.0106. The first-order valence-corrected chi connectivity index (χ1v) is 3.71. The third kappa shape index (κ3) is 3.67. The largest absolute Gasteiger partial charge is 0.374 e. The Kier molecular flexibility index (Phi) is 3.66. The zero-order valence-electron chi connectivity index (χ0n) is 7.48. The summed E-state index contributed by atoms with van der Waals surface area (Å²) in [5.74, 6) is 0. The Morgan fingerprint density at radius 1 is 1.50 bits per heavy atom. The molecular formula is C9H18O. The van der Waals surface area contributed by atoms with E-state index in [1.54, 1.807) is 6.08 Å². The topological polar surface area (TPSA) is 9.23 Å². The van der Waals surface area contributed by atoms with Crippen molar-refractivity contribution in [1.29, 1.82) is 0 Å². The van der Waals surface area contributed by atoms with Crippen LogP contribution >= 0.6 is 0 Å². The Labute approximate surface area is 64.1 Å². The van der Waals surface area contributed by atoms with Crippen molar-refractivity contribution in [2.24, 2.45) is 5.41 Å². The van der Waals surface area contributed by atoms with Crippen LogP contribution in [0.5, 0.6) is 0 Å². The highest BCUT2D eigenvalue weighted by Crippen LogP contribution is 2.21. The van der Waals surface area contributed by atoms with E-state index in [-0.39, 0.29) is 5.41 Å². The quantitative estimate of drug-likeness (QED) is 0.550. The molecule has 0 saturated carbocycles. The molecule has 0 aliphatic rings.